The van der Waals surface area contributed by atoms with Crippen molar-refractivity contribution in [2.24, 2.45) is 0 Å². The lowest BCUT2D eigenvalue weighted by Gasteiger charge is -2.17. The fourth-order valence-electron chi connectivity index (χ4n) is 2.95. The number of rotatable bonds is 4. The van der Waals surface area contributed by atoms with E-state index in [4.69, 9.17) is 4.74 Å². The van der Waals surface area contributed by atoms with Crippen molar-refractivity contribution >= 4 is 0 Å². The highest BCUT2D eigenvalue weighted by molar-refractivity contribution is 5.43. The molecule has 0 N–H and O–H groups in total. The maximum absolute atomic E-state index is 9.59. The second kappa shape index (κ2) is 6.45. The van der Waals surface area contributed by atoms with Gasteiger partial charge in [0.15, 0.2) is 0 Å². The Balaban J connectivity index is 2.30. The van der Waals surface area contributed by atoms with Crippen LogP contribution in [0.2, 0.25) is 0 Å². The van der Waals surface area contributed by atoms with Gasteiger partial charge in [0.1, 0.15) is 5.75 Å². The molecule has 108 valence electrons. The Bertz CT molecular complexity index is 642. The summed E-state index contributed by atoms with van der Waals surface area (Å²) in [4.78, 5) is 0. The zero-order valence-corrected chi connectivity index (χ0v) is 13.1. The zero-order chi connectivity index (χ0) is 15.4. The molecule has 0 aromatic heterocycles. The molecule has 0 heterocycles. The SMILES string of the molecule is COc1ccc(CC(C#N)c2c(C)cc(C)cc2C)cc1. The molecule has 0 radical (unpaired) electrons. The third-order valence-corrected chi connectivity index (χ3v) is 3.84. The number of nitriles is 1. The summed E-state index contributed by atoms with van der Waals surface area (Å²) in [5, 5.41) is 9.59. The molecule has 2 heteroatoms. The molecule has 0 bridgehead atoms. The van der Waals surface area contributed by atoms with E-state index in [9.17, 15) is 5.26 Å². The third-order valence-electron chi connectivity index (χ3n) is 3.84. The van der Waals surface area contributed by atoms with Crippen molar-refractivity contribution in [2.75, 3.05) is 7.11 Å². The van der Waals surface area contributed by atoms with Gasteiger partial charge in [-0.2, -0.15) is 5.26 Å². The van der Waals surface area contributed by atoms with Crippen LogP contribution in [-0.2, 0) is 6.42 Å². The Kier molecular flexibility index (Phi) is 4.65. The van der Waals surface area contributed by atoms with E-state index in [0.717, 1.165) is 17.7 Å². The van der Waals surface area contributed by atoms with Crippen molar-refractivity contribution in [3.8, 4) is 11.8 Å². The molecular formula is C19H21NO. The van der Waals surface area contributed by atoms with Crippen LogP contribution in [0.3, 0.4) is 0 Å². The molecule has 0 aliphatic rings. The highest BCUT2D eigenvalue weighted by atomic mass is 16.5. The van der Waals surface area contributed by atoms with Gasteiger partial charge in [-0.15, -0.1) is 0 Å². The highest BCUT2D eigenvalue weighted by Crippen LogP contribution is 2.28. The van der Waals surface area contributed by atoms with Gasteiger partial charge in [-0.05, 0) is 61.6 Å². The van der Waals surface area contributed by atoms with Crippen LogP contribution in [0.5, 0.6) is 5.75 Å². The Morgan fingerprint density at radius 3 is 2.10 bits per heavy atom. The monoisotopic (exact) mass is 279 g/mol. The first kappa shape index (κ1) is 15.1. The molecule has 0 saturated heterocycles. The van der Waals surface area contributed by atoms with Crippen LogP contribution in [0.4, 0.5) is 0 Å². The smallest absolute Gasteiger partial charge is 0.118 e. The number of nitrogens with zero attached hydrogens (tertiary/aromatic N) is 1. The second-order valence-corrected chi connectivity index (χ2v) is 5.55. The summed E-state index contributed by atoms with van der Waals surface area (Å²) in [6, 6.07) is 14.7. The number of hydrogen-bond acceptors (Lipinski definition) is 2. The Labute approximate surface area is 127 Å². The summed E-state index contributed by atoms with van der Waals surface area (Å²) < 4.78 is 5.17. The van der Waals surface area contributed by atoms with Gasteiger partial charge in [0.05, 0.1) is 19.1 Å². The number of benzene rings is 2. The first-order valence-electron chi connectivity index (χ1n) is 7.15. The maximum atomic E-state index is 9.59. The van der Waals surface area contributed by atoms with Crippen molar-refractivity contribution < 1.29 is 4.74 Å². The van der Waals surface area contributed by atoms with Gasteiger partial charge >= 0.3 is 0 Å². The van der Waals surface area contributed by atoms with Crippen LogP contribution in [0.1, 0.15) is 33.7 Å². The molecule has 0 aliphatic heterocycles. The van der Waals surface area contributed by atoms with Crippen molar-refractivity contribution in [1.29, 1.82) is 5.26 Å². The molecule has 2 aromatic rings. The maximum Gasteiger partial charge on any atom is 0.118 e. The topological polar surface area (TPSA) is 33.0 Å². The predicted octanol–water partition coefficient (Wildman–Crippen LogP) is 4.47. The summed E-state index contributed by atoms with van der Waals surface area (Å²) in [6.07, 6.45) is 0.727. The fraction of sp³-hybridized carbons (Fsp3) is 0.316. The second-order valence-electron chi connectivity index (χ2n) is 5.55. The molecule has 0 amide bonds. The van der Waals surface area contributed by atoms with Gasteiger partial charge in [-0.25, -0.2) is 0 Å². The minimum absolute atomic E-state index is 0.112. The first-order chi connectivity index (χ1) is 10.0. The average molecular weight is 279 g/mol. The number of methoxy groups -OCH3 is 1. The molecule has 0 fully saturated rings. The van der Waals surface area contributed by atoms with E-state index in [1.807, 2.05) is 24.3 Å². The summed E-state index contributed by atoms with van der Waals surface area (Å²) in [5.74, 6) is 0.731. The van der Waals surface area contributed by atoms with Crippen molar-refractivity contribution in [2.45, 2.75) is 33.1 Å². The molecule has 0 saturated carbocycles. The van der Waals surface area contributed by atoms with Crippen LogP contribution in [0.25, 0.3) is 0 Å². The minimum atomic E-state index is -0.112. The van der Waals surface area contributed by atoms with E-state index in [0.29, 0.717) is 0 Å². The molecular weight excluding hydrogens is 258 g/mol. The van der Waals surface area contributed by atoms with Gasteiger partial charge in [-0.1, -0.05) is 29.8 Å². The predicted molar refractivity (Wildman–Crippen MR) is 85.7 cm³/mol. The van der Waals surface area contributed by atoms with E-state index in [-0.39, 0.29) is 5.92 Å². The normalized spacial score (nSPS) is 11.8. The van der Waals surface area contributed by atoms with E-state index in [2.05, 4.69) is 39.0 Å². The lowest BCUT2D eigenvalue weighted by atomic mass is 9.86. The van der Waals surface area contributed by atoms with Gasteiger partial charge < -0.3 is 4.74 Å². The van der Waals surface area contributed by atoms with Crippen LogP contribution >= 0.6 is 0 Å². The van der Waals surface area contributed by atoms with E-state index in [1.54, 1.807) is 7.11 Å². The summed E-state index contributed by atoms with van der Waals surface area (Å²) in [5.41, 5.74) is 5.97. The Morgan fingerprint density at radius 2 is 1.62 bits per heavy atom. The fourth-order valence-corrected chi connectivity index (χ4v) is 2.95. The number of ether oxygens (including phenoxy) is 1. The Hall–Kier alpha value is -2.27. The van der Waals surface area contributed by atoms with Gasteiger partial charge in [0.2, 0.25) is 0 Å². The van der Waals surface area contributed by atoms with Crippen molar-refractivity contribution in [3.05, 3.63) is 64.2 Å². The standard InChI is InChI=1S/C19H21NO/c1-13-9-14(2)19(15(3)10-13)17(12-20)11-16-5-7-18(21-4)8-6-16/h5-10,17H,11H2,1-4H3. The quantitative estimate of drug-likeness (QED) is 0.827. The highest BCUT2D eigenvalue weighted by Gasteiger charge is 2.16. The van der Waals surface area contributed by atoms with Gasteiger partial charge in [0, 0.05) is 0 Å². The first-order valence-corrected chi connectivity index (χ1v) is 7.15. The van der Waals surface area contributed by atoms with Gasteiger partial charge in [-0.3, -0.25) is 0 Å². The van der Waals surface area contributed by atoms with E-state index >= 15 is 0 Å². The molecule has 0 spiro atoms. The van der Waals surface area contributed by atoms with E-state index < -0.39 is 0 Å². The number of hydrogen-bond donors (Lipinski definition) is 0. The summed E-state index contributed by atoms with van der Waals surface area (Å²) in [7, 11) is 1.66. The number of aryl methyl sites for hydroxylation is 3. The Morgan fingerprint density at radius 1 is 1.05 bits per heavy atom. The lowest BCUT2D eigenvalue weighted by molar-refractivity contribution is 0.414. The van der Waals surface area contributed by atoms with E-state index in [1.165, 1.54) is 22.3 Å². The zero-order valence-electron chi connectivity index (χ0n) is 13.1. The van der Waals surface area contributed by atoms with Crippen molar-refractivity contribution in [3.63, 3.8) is 0 Å². The average Bonchev–Trinajstić information content (AvgIpc) is 2.45. The largest absolute Gasteiger partial charge is 0.497 e. The molecule has 2 aromatic carbocycles. The van der Waals surface area contributed by atoms with Crippen molar-refractivity contribution in [1.82, 2.24) is 0 Å². The molecule has 2 rings (SSSR count). The van der Waals surface area contributed by atoms with Crippen LogP contribution < -0.4 is 4.74 Å². The molecule has 2 nitrogen and oxygen atoms in total. The minimum Gasteiger partial charge on any atom is -0.497 e. The summed E-state index contributed by atoms with van der Waals surface area (Å²) in [6.45, 7) is 6.27. The van der Waals surface area contributed by atoms with Gasteiger partial charge in [0.25, 0.3) is 0 Å². The molecule has 0 aliphatic carbocycles. The molecule has 1 unspecified atom stereocenters. The molecule has 1 atom stereocenters. The van der Waals surface area contributed by atoms with Crippen LogP contribution in [0, 0.1) is 32.1 Å². The summed E-state index contributed by atoms with van der Waals surface area (Å²) >= 11 is 0. The van der Waals surface area contributed by atoms with Crippen LogP contribution in [-0.4, -0.2) is 7.11 Å². The van der Waals surface area contributed by atoms with Crippen LogP contribution in [0.15, 0.2) is 36.4 Å². The third kappa shape index (κ3) is 3.44. The molecule has 21 heavy (non-hydrogen) atoms. The lowest BCUT2D eigenvalue weighted by Crippen LogP contribution is -2.05.